The van der Waals surface area contributed by atoms with Gasteiger partial charge in [-0.1, -0.05) is 20.3 Å². The van der Waals surface area contributed by atoms with Crippen molar-refractivity contribution < 1.29 is 14.3 Å². The molecule has 104 valence electrons. The van der Waals surface area contributed by atoms with Crippen LogP contribution in [0.3, 0.4) is 0 Å². The summed E-state index contributed by atoms with van der Waals surface area (Å²) in [6.07, 6.45) is 1.01. The fourth-order valence-electron chi connectivity index (χ4n) is 2.10. The molecule has 0 aromatic rings. The molecule has 5 nitrogen and oxygen atoms in total. The minimum Gasteiger partial charge on any atom is -0.377 e. The summed E-state index contributed by atoms with van der Waals surface area (Å²) in [5, 5.41) is 2.66. The number of carbonyl (C=O) groups is 2. The third-order valence-corrected chi connectivity index (χ3v) is 3.30. The predicted octanol–water partition coefficient (Wildman–Crippen LogP) is 0.785. The van der Waals surface area contributed by atoms with E-state index in [1.54, 1.807) is 4.90 Å². The lowest BCUT2D eigenvalue weighted by atomic mass is 9.95. The van der Waals surface area contributed by atoms with Gasteiger partial charge < -0.3 is 15.0 Å². The van der Waals surface area contributed by atoms with Gasteiger partial charge in [-0.3, -0.25) is 9.59 Å². The van der Waals surface area contributed by atoms with Crippen molar-refractivity contribution in [1.82, 2.24) is 10.2 Å². The molecular formula is C13H24N2O3. The van der Waals surface area contributed by atoms with Crippen LogP contribution < -0.4 is 5.32 Å². The second kappa shape index (κ2) is 6.73. The lowest BCUT2D eigenvalue weighted by Gasteiger charge is -2.38. The van der Waals surface area contributed by atoms with Crippen molar-refractivity contribution in [1.29, 1.82) is 0 Å². The van der Waals surface area contributed by atoms with Crippen molar-refractivity contribution in [3.8, 4) is 0 Å². The van der Waals surface area contributed by atoms with Gasteiger partial charge in [-0.25, -0.2) is 0 Å². The highest BCUT2D eigenvalue weighted by Gasteiger charge is 2.37. The monoisotopic (exact) mass is 256 g/mol. The largest absolute Gasteiger partial charge is 0.377 e. The fraction of sp³-hybridized carbons (Fsp3) is 0.846. The lowest BCUT2D eigenvalue weighted by Crippen LogP contribution is -2.61. The highest BCUT2D eigenvalue weighted by Crippen LogP contribution is 2.17. The summed E-state index contributed by atoms with van der Waals surface area (Å²) in [5.41, 5.74) is 0. The van der Waals surface area contributed by atoms with Crippen LogP contribution in [0.1, 0.15) is 34.1 Å². The van der Waals surface area contributed by atoms with Crippen molar-refractivity contribution in [3.05, 3.63) is 0 Å². The Morgan fingerprint density at radius 1 is 1.39 bits per heavy atom. The third-order valence-electron chi connectivity index (χ3n) is 3.30. The first-order valence-electron chi connectivity index (χ1n) is 6.66. The van der Waals surface area contributed by atoms with Gasteiger partial charge in [0, 0.05) is 6.54 Å². The molecule has 2 amide bonds. The minimum absolute atomic E-state index is 0.0211. The van der Waals surface area contributed by atoms with Crippen LogP contribution in [0.2, 0.25) is 0 Å². The van der Waals surface area contributed by atoms with E-state index >= 15 is 0 Å². The molecule has 2 atom stereocenters. The highest BCUT2D eigenvalue weighted by atomic mass is 16.5. The van der Waals surface area contributed by atoms with Crippen LogP contribution in [-0.2, 0) is 14.3 Å². The predicted molar refractivity (Wildman–Crippen MR) is 69.1 cm³/mol. The number of nitrogens with zero attached hydrogens (tertiary/aromatic N) is 1. The first-order valence-corrected chi connectivity index (χ1v) is 6.66. The standard InChI is InChI=1S/C13H24N2O3/c1-5-10(4)12-13(17)14-8-11(16)15(12)6-7-18-9(2)3/h9-10,12H,5-8H2,1-4H3,(H,14,17). The van der Waals surface area contributed by atoms with Crippen molar-refractivity contribution in [2.24, 2.45) is 5.92 Å². The van der Waals surface area contributed by atoms with E-state index in [9.17, 15) is 9.59 Å². The molecule has 0 aliphatic carbocycles. The molecule has 1 heterocycles. The van der Waals surface area contributed by atoms with Gasteiger partial charge >= 0.3 is 0 Å². The van der Waals surface area contributed by atoms with Gasteiger partial charge in [0.25, 0.3) is 0 Å². The Balaban J connectivity index is 2.67. The molecule has 0 saturated carbocycles. The number of ether oxygens (including phenoxy) is 1. The molecular weight excluding hydrogens is 232 g/mol. The SMILES string of the molecule is CCC(C)C1C(=O)NCC(=O)N1CCOC(C)C. The maximum Gasteiger partial charge on any atom is 0.243 e. The maximum atomic E-state index is 11.9. The van der Waals surface area contributed by atoms with Crippen LogP contribution in [-0.4, -0.2) is 48.6 Å². The molecule has 0 aromatic carbocycles. The Hall–Kier alpha value is -1.10. The Morgan fingerprint density at radius 2 is 2.06 bits per heavy atom. The van der Waals surface area contributed by atoms with Crippen LogP contribution >= 0.6 is 0 Å². The lowest BCUT2D eigenvalue weighted by molar-refractivity contribution is -0.148. The maximum absolute atomic E-state index is 11.9. The summed E-state index contributed by atoms with van der Waals surface area (Å²) in [4.78, 5) is 25.5. The fourth-order valence-corrected chi connectivity index (χ4v) is 2.10. The van der Waals surface area contributed by atoms with E-state index in [0.29, 0.717) is 13.2 Å². The first-order chi connectivity index (χ1) is 8.47. The Kier molecular flexibility index (Phi) is 5.59. The summed E-state index contributed by atoms with van der Waals surface area (Å²) in [5.74, 6) is 0.0917. The van der Waals surface area contributed by atoms with Gasteiger partial charge in [-0.15, -0.1) is 0 Å². The summed E-state index contributed by atoms with van der Waals surface area (Å²) < 4.78 is 5.46. The molecule has 0 bridgehead atoms. The molecule has 1 N–H and O–H groups in total. The van der Waals surface area contributed by atoms with E-state index in [0.717, 1.165) is 6.42 Å². The molecule has 0 spiro atoms. The van der Waals surface area contributed by atoms with Crippen LogP contribution in [0.4, 0.5) is 0 Å². The van der Waals surface area contributed by atoms with Crippen molar-refractivity contribution in [3.63, 3.8) is 0 Å². The van der Waals surface area contributed by atoms with E-state index in [-0.39, 0.29) is 36.4 Å². The van der Waals surface area contributed by atoms with Gasteiger partial charge in [0.15, 0.2) is 0 Å². The molecule has 1 aliphatic heterocycles. The minimum atomic E-state index is -0.355. The van der Waals surface area contributed by atoms with Gasteiger partial charge in [-0.2, -0.15) is 0 Å². The second-order valence-corrected chi connectivity index (χ2v) is 5.05. The Morgan fingerprint density at radius 3 is 2.61 bits per heavy atom. The second-order valence-electron chi connectivity index (χ2n) is 5.05. The number of hydrogen-bond acceptors (Lipinski definition) is 3. The van der Waals surface area contributed by atoms with Crippen molar-refractivity contribution >= 4 is 11.8 Å². The normalized spacial score (nSPS) is 22.3. The summed E-state index contributed by atoms with van der Waals surface area (Å²) >= 11 is 0. The van der Waals surface area contributed by atoms with Crippen LogP contribution in [0.5, 0.6) is 0 Å². The number of carbonyl (C=O) groups excluding carboxylic acids is 2. The Bertz CT molecular complexity index is 305. The molecule has 1 rings (SSSR count). The first kappa shape index (κ1) is 15.0. The molecule has 1 aliphatic rings. The number of rotatable bonds is 6. The molecule has 0 radical (unpaired) electrons. The summed E-state index contributed by atoms with van der Waals surface area (Å²) in [6.45, 7) is 9.00. The smallest absolute Gasteiger partial charge is 0.243 e. The van der Waals surface area contributed by atoms with E-state index in [2.05, 4.69) is 5.32 Å². The molecule has 18 heavy (non-hydrogen) atoms. The molecule has 0 aromatic heterocycles. The number of hydrogen-bond donors (Lipinski definition) is 1. The van der Waals surface area contributed by atoms with Crippen molar-refractivity contribution in [2.45, 2.75) is 46.3 Å². The van der Waals surface area contributed by atoms with E-state index in [1.165, 1.54) is 0 Å². The zero-order chi connectivity index (χ0) is 13.7. The third kappa shape index (κ3) is 3.70. The average molecular weight is 256 g/mol. The topological polar surface area (TPSA) is 58.6 Å². The number of amides is 2. The summed E-state index contributed by atoms with van der Waals surface area (Å²) in [7, 11) is 0. The molecule has 5 heteroatoms. The number of nitrogens with one attached hydrogen (secondary N) is 1. The molecule has 2 unspecified atom stereocenters. The van der Waals surface area contributed by atoms with Gasteiger partial charge in [-0.05, 0) is 19.8 Å². The average Bonchev–Trinajstić information content (AvgIpc) is 2.32. The highest BCUT2D eigenvalue weighted by molar-refractivity contribution is 5.95. The van der Waals surface area contributed by atoms with Crippen LogP contribution in [0, 0.1) is 5.92 Å². The molecule has 1 saturated heterocycles. The summed E-state index contributed by atoms with van der Waals surface area (Å²) in [6, 6.07) is -0.355. The van der Waals surface area contributed by atoms with Crippen LogP contribution in [0.15, 0.2) is 0 Å². The molecule has 1 fully saturated rings. The van der Waals surface area contributed by atoms with E-state index in [1.807, 2.05) is 27.7 Å². The van der Waals surface area contributed by atoms with E-state index in [4.69, 9.17) is 4.74 Å². The quantitative estimate of drug-likeness (QED) is 0.764. The van der Waals surface area contributed by atoms with Gasteiger partial charge in [0.2, 0.25) is 11.8 Å². The van der Waals surface area contributed by atoms with Gasteiger partial charge in [0.1, 0.15) is 6.04 Å². The number of piperazine rings is 1. The zero-order valence-electron chi connectivity index (χ0n) is 11.7. The van der Waals surface area contributed by atoms with Crippen molar-refractivity contribution in [2.75, 3.05) is 19.7 Å². The van der Waals surface area contributed by atoms with E-state index < -0.39 is 0 Å². The Labute approximate surface area is 109 Å². The van der Waals surface area contributed by atoms with Crippen LogP contribution in [0.25, 0.3) is 0 Å². The zero-order valence-corrected chi connectivity index (χ0v) is 11.7. The van der Waals surface area contributed by atoms with Gasteiger partial charge in [0.05, 0.1) is 19.3 Å².